The number of likely N-dealkylation sites (tertiary alicyclic amines) is 1. The Hall–Kier alpha value is -4.81. The number of pyridine rings is 1. The molecule has 1 amide bonds. The average molecular weight is 479 g/mol. The summed E-state index contributed by atoms with van der Waals surface area (Å²) in [6, 6.07) is 15.8. The lowest BCUT2D eigenvalue weighted by atomic mass is 10.0. The third-order valence-electron chi connectivity index (χ3n) is 5.87. The van der Waals surface area contributed by atoms with E-state index in [1.807, 2.05) is 6.07 Å². The molecule has 1 aliphatic rings. The van der Waals surface area contributed by atoms with Gasteiger partial charge in [-0.25, -0.2) is 19.7 Å². The number of fused-ring (bicyclic) bond motifs is 1. The number of ether oxygens (including phenoxy) is 1. The van der Waals surface area contributed by atoms with Crippen LogP contribution in [0.1, 0.15) is 22.3 Å². The van der Waals surface area contributed by atoms with Crippen molar-refractivity contribution in [3.05, 3.63) is 78.1 Å². The molecule has 36 heavy (non-hydrogen) atoms. The van der Waals surface area contributed by atoms with Crippen molar-refractivity contribution in [1.29, 1.82) is 0 Å². The van der Waals surface area contributed by atoms with Gasteiger partial charge in [0.1, 0.15) is 17.1 Å². The van der Waals surface area contributed by atoms with E-state index in [2.05, 4.69) is 26.8 Å². The second kappa shape index (κ2) is 9.09. The molecule has 1 fully saturated rings. The standard InChI is InChI=1S/C27H21N5O4/c1-32-13-12-27(35,26(32)34)11-10-17-6-5-7-18(14-17)24-30-15-20-21(16-29-23(28)22(20)31-24)25(33)36-19-8-3-2-4-9-19/h2-9,14-16,35H,12-13H2,1H3,(H2,28,29)/t27-/m0/s1. The Morgan fingerprint density at radius 2 is 1.94 bits per heavy atom. The Balaban J connectivity index is 1.47. The Bertz CT molecular complexity index is 1560. The quantitative estimate of drug-likeness (QED) is 0.260. The van der Waals surface area contributed by atoms with Gasteiger partial charge in [-0.2, -0.15) is 0 Å². The summed E-state index contributed by atoms with van der Waals surface area (Å²) in [4.78, 5) is 39.5. The van der Waals surface area contributed by atoms with Crippen LogP contribution in [0.2, 0.25) is 0 Å². The van der Waals surface area contributed by atoms with Gasteiger partial charge < -0.3 is 20.5 Å². The lowest BCUT2D eigenvalue weighted by Gasteiger charge is -2.13. The maximum absolute atomic E-state index is 12.8. The number of amides is 1. The molecule has 1 aliphatic heterocycles. The van der Waals surface area contributed by atoms with Crippen LogP contribution in [0.5, 0.6) is 5.75 Å². The third kappa shape index (κ3) is 4.33. The van der Waals surface area contributed by atoms with E-state index in [4.69, 9.17) is 10.5 Å². The van der Waals surface area contributed by atoms with E-state index in [0.29, 0.717) is 40.1 Å². The van der Waals surface area contributed by atoms with Crippen molar-refractivity contribution >= 4 is 28.6 Å². The van der Waals surface area contributed by atoms with Crippen LogP contribution in [-0.2, 0) is 4.79 Å². The molecule has 3 heterocycles. The van der Waals surface area contributed by atoms with E-state index >= 15 is 0 Å². The van der Waals surface area contributed by atoms with E-state index in [1.54, 1.807) is 55.6 Å². The molecule has 0 radical (unpaired) electrons. The number of para-hydroxylation sites is 1. The molecule has 1 saturated heterocycles. The summed E-state index contributed by atoms with van der Waals surface area (Å²) in [6.45, 7) is 0.450. The van der Waals surface area contributed by atoms with Crippen molar-refractivity contribution in [2.45, 2.75) is 12.0 Å². The first-order chi connectivity index (χ1) is 17.3. The van der Waals surface area contributed by atoms with Crippen LogP contribution in [-0.4, -0.2) is 56.0 Å². The zero-order chi connectivity index (χ0) is 25.3. The number of aromatic nitrogens is 3. The fraction of sp³-hybridized carbons (Fsp3) is 0.148. The number of hydrogen-bond donors (Lipinski definition) is 2. The van der Waals surface area contributed by atoms with Crippen molar-refractivity contribution in [1.82, 2.24) is 19.9 Å². The van der Waals surface area contributed by atoms with Gasteiger partial charge in [0.05, 0.1) is 5.56 Å². The minimum Gasteiger partial charge on any atom is -0.423 e. The van der Waals surface area contributed by atoms with Crippen LogP contribution in [0, 0.1) is 11.8 Å². The van der Waals surface area contributed by atoms with Gasteiger partial charge in [-0.05, 0) is 24.3 Å². The fourth-order valence-corrected chi connectivity index (χ4v) is 3.87. The molecular formula is C27H21N5O4. The molecule has 1 atom stereocenters. The number of aliphatic hydroxyl groups is 1. The van der Waals surface area contributed by atoms with Crippen LogP contribution in [0.15, 0.2) is 67.0 Å². The van der Waals surface area contributed by atoms with Crippen LogP contribution in [0.25, 0.3) is 22.3 Å². The average Bonchev–Trinajstić information content (AvgIpc) is 3.16. The molecule has 0 aliphatic carbocycles. The predicted molar refractivity (Wildman–Crippen MR) is 133 cm³/mol. The smallest absolute Gasteiger partial charge is 0.345 e. The highest BCUT2D eigenvalue weighted by Gasteiger charge is 2.42. The molecule has 3 N–H and O–H groups in total. The largest absolute Gasteiger partial charge is 0.423 e. The fourth-order valence-electron chi connectivity index (χ4n) is 3.87. The van der Waals surface area contributed by atoms with E-state index in [1.165, 1.54) is 17.3 Å². The van der Waals surface area contributed by atoms with Crippen LogP contribution in [0.4, 0.5) is 5.82 Å². The monoisotopic (exact) mass is 479 g/mol. The molecule has 0 unspecified atom stereocenters. The Morgan fingerprint density at radius 3 is 2.69 bits per heavy atom. The molecule has 5 rings (SSSR count). The molecule has 9 heteroatoms. The highest BCUT2D eigenvalue weighted by molar-refractivity contribution is 6.06. The SMILES string of the molecule is CN1CC[C@@](O)(C#Cc2cccc(-c3ncc4c(C(=O)Oc5ccccc5)cnc(N)c4n3)c2)C1=O. The lowest BCUT2D eigenvalue weighted by molar-refractivity contribution is -0.137. The van der Waals surface area contributed by atoms with Crippen molar-refractivity contribution in [2.75, 3.05) is 19.3 Å². The number of likely N-dealkylation sites (N-methyl/N-ethyl adjacent to an activating group) is 1. The van der Waals surface area contributed by atoms with Crippen molar-refractivity contribution in [3.8, 4) is 29.0 Å². The molecule has 0 spiro atoms. The van der Waals surface area contributed by atoms with Gasteiger partial charge in [0.15, 0.2) is 5.82 Å². The van der Waals surface area contributed by atoms with Gasteiger partial charge in [0.2, 0.25) is 5.60 Å². The minimum absolute atomic E-state index is 0.145. The molecule has 178 valence electrons. The zero-order valence-electron chi connectivity index (χ0n) is 19.3. The normalized spacial score (nSPS) is 17.1. The summed E-state index contributed by atoms with van der Waals surface area (Å²) in [5, 5.41) is 11.0. The first-order valence-corrected chi connectivity index (χ1v) is 11.1. The van der Waals surface area contributed by atoms with Gasteiger partial charge in [-0.1, -0.05) is 42.2 Å². The number of anilines is 1. The summed E-state index contributed by atoms with van der Waals surface area (Å²) < 4.78 is 5.43. The Morgan fingerprint density at radius 1 is 1.14 bits per heavy atom. The van der Waals surface area contributed by atoms with Gasteiger partial charge in [0, 0.05) is 48.9 Å². The number of hydrogen-bond acceptors (Lipinski definition) is 8. The second-order valence-corrected chi connectivity index (χ2v) is 8.38. The van der Waals surface area contributed by atoms with Gasteiger partial charge in [-0.3, -0.25) is 4.79 Å². The Labute approximate surface area is 206 Å². The van der Waals surface area contributed by atoms with Crippen LogP contribution < -0.4 is 10.5 Å². The molecule has 4 aromatic rings. The number of rotatable bonds is 3. The molecule has 9 nitrogen and oxygen atoms in total. The Kier molecular flexibility index (Phi) is 5.80. The molecule has 0 bridgehead atoms. The van der Waals surface area contributed by atoms with Gasteiger partial charge >= 0.3 is 5.97 Å². The number of nitrogens with zero attached hydrogens (tertiary/aromatic N) is 4. The summed E-state index contributed by atoms with van der Waals surface area (Å²) in [5.41, 5.74) is 6.11. The topological polar surface area (TPSA) is 132 Å². The van der Waals surface area contributed by atoms with Gasteiger partial charge in [-0.15, -0.1) is 0 Å². The number of benzene rings is 2. The number of esters is 1. The second-order valence-electron chi connectivity index (χ2n) is 8.38. The maximum Gasteiger partial charge on any atom is 0.345 e. The summed E-state index contributed by atoms with van der Waals surface area (Å²) in [5.74, 6) is 5.48. The van der Waals surface area contributed by atoms with Crippen molar-refractivity contribution < 1.29 is 19.4 Å². The highest BCUT2D eigenvalue weighted by Crippen LogP contribution is 2.26. The van der Waals surface area contributed by atoms with Crippen molar-refractivity contribution in [3.63, 3.8) is 0 Å². The highest BCUT2D eigenvalue weighted by atomic mass is 16.5. The lowest BCUT2D eigenvalue weighted by Crippen LogP contribution is -2.37. The maximum atomic E-state index is 12.8. The first-order valence-electron chi connectivity index (χ1n) is 11.1. The van der Waals surface area contributed by atoms with E-state index in [-0.39, 0.29) is 17.8 Å². The summed E-state index contributed by atoms with van der Waals surface area (Å²) in [7, 11) is 1.63. The van der Waals surface area contributed by atoms with Crippen LogP contribution in [0.3, 0.4) is 0 Å². The van der Waals surface area contributed by atoms with Crippen LogP contribution >= 0.6 is 0 Å². The third-order valence-corrected chi connectivity index (χ3v) is 5.87. The number of carbonyl (C=O) groups is 2. The number of nitrogen functional groups attached to an aromatic ring is 1. The molecule has 2 aromatic heterocycles. The predicted octanol–water partition coefficient (Wildman–Crippen LogP) is 2.44. The van der Waals surface area contributed by atoms with Crippen molar-refractivity contribution in [2.24, 2.45) is 0 Å². The number of carbonyl (C=O) groups excluding carboxylic acids is 2. The molecule has 0 saturated carbocycles. The van der Waals surface area contributed by atoms with E-state index in [0.717, 1.165) is 0 Å². The number of nitrogens with two attached hydrogens (primary N) is 1. The molecular weight excluding hydrogens is 458 g/mol. The molecule has 2 aromatic carbocycles. The minimum atomic E-state index is -1.69. The summed E-state index contributed by atoms with van der Waals surface area (Å²) in [6.07, 6.45) is 3.10. The summed E-state index contributed by atoms with van der Waals surface area (Å²) >= 11 is 0. The first kappa shape index (κ1) is 23.0. The van der Waals surface area contributed by atoms with E-state index in [9.17, 15) is 14.7 Å². The van der Waals surface area contributed by atoms with Gasteiger partial charge in [0.25, 0.3) is 5.91 Å². The van der Waals surface area contributed by atoms with E-state index < -0.39 is 17.5 Å². The zero-order valence-corrected chi connectivity index (χ0v) is 19.3.